The number of anilines is 1. The smallest absolute Gasteiger partial charge is 0.196 e. The molecule has 0 spiro atoms. The van der Waals surface area contributed by atoms with Gasteiger partial charge in [-0.2, -0.15) is 0 Å². The van der Waals surface area contributed by atoms with E-state index in [0.717, 1.165) is 17.0 Å². The maximum absolute atomic E-state index is 6.23. The molecule has 0 saturated carbocycles. The van der Waals surface area contributed by atoms with Gasteiger partial charge >= 0.3 is 0 Å². The second-order valence-electron chi connectivity index (χ2n) is 13.7. The summed E-state index contributed by atoms with van der Waals surface area (Å²) in [7, 11) is 0. The first kappa shape index (κ1) is 27.3. The standard InChI is InChI=1S/C46H33NO/c1-46(2)38-20-10-9-19-36(38)44-31-14-4-3-13-30(31)37(27-39(44)46)43-34-17-7-5-15-32(34)42(33-16-6-8-18-35(33)43)28-23-25-29(26-24-28)45-47-40-21-11-12-22-41(40)48-45/h3-27,45,47H,1-2H3. The summed E-state index contributed by atoms with van der Waals surface area (Å²) >= 11 is 0. The van der Waals surface area contributed by atoms with Gasteiger partial charge in [0.05, 0.1) is 5.69 Å². The van der Waals surface area contributed by atoms with Crippen molar-refractivity contribution in [2.45, 2.75) is 25.5 Å². The van der Waals surface area contributed by atoms with E-state index in [1.165, 1.54) is 76.8 Å². The molecule has 8 aromatic carbocycles. The highest BCUT2D eigenvalue weighted by atomic mass is 16.5. The highest BCUT2D eigenvalue weighted by Crippen LogP contribution is 2.54. The van der Waals surface area contributed by atoms with E-state index in [1.807, 2.05) is 18.2 Å². The number of para-hydroxylation sites is 2. The van der Waals surface area contributed by atoms with E-state index in [9.17, 15) is 0 Å². The molecule has 8 aromatic rings. The van der Waals surface area contributed by atoms with Gasteiger partial charge in [-0.25, -0.2) is 0 Å². The van der Waals surface area contributed by atoms with Gasteiger partial charge in [0.2, 0.25) is 0 Å². The van der Waals surface area contributed by atoms with E-state index in [4.69, 9.17) is 4.74 Å². The zero-order chi connectivity index (χ0) is 32.0. The molecule has 0 radical (unpaired) electrons. The Bertz CT molecular complexity index is 2510. The first-order valence-corrected chi connectivity index (χ1v) is 16.8. The fraction of sp³-hybridized carbons (Fsp3) is 0.0870. The molecule has 2 aliphatic rings. The molecule has 48 heavy (non-hydrogen) atoms. The van der Waals surface area contributed by atoms with Crippen LogP contribution in [0.1, 0.15) is 36.8 Å². The maximum Gasteiger partial charge on any atom is 0.196 e. The van der Waals surface area contributed by atoms with Crippen molar-refractivity contribution in [1.82, 2.24) is 0 Å². The highest BCUT2D eigenvalue weighted by molar-refractivity contribution is 6.24. The van der Waals surface area contributed by atoms with Gasteiger partial charge in [-0.15, -0.1) is 0 Å². The minimum atomic E-state index is -0.198. The molecule has 10 rings (SSSR count). The molecule has 1 aliphatic carbocycles. The van der Waals surface area contributed by atoms with Crippen molar-refractivity contribution in [1.29, 1.82) is 0 Å². The Morgan fingerprint density at radius 1 is 0.479 bits per heavy atom. The third-order valence-electron chi connectivity index (χ3n) is 10.7. The number of fused-ring (bicyclic) bond motifs is 8. The Kier molecular flexibility index (Phi) is 5.72. The molecule has 1 aliphatic heterocycles. The molecular weight excluding hydrogens is 583 g/mol. The number of ether oxygens (including phenoxy) is 1. The minimum absolute atomic E-state index is 0.0999. The van der Waals surface area contributed by atoms with Crippen molar-refractivity contribution >= 4 is 38.0 Å². The molecule has 0 aromatic heterocycles. The van der Waals surface area contributed by atoms with Crippen LogP contribution in [0.15, 0.2) is 152 Å². The molecule has 0 amide bonds. The molecule has 1 N–H and O–H groups in total. The van der Waals surface area contributed by atoms with Crippen LogP contribution < -0.4 is 10.1 Å². The summed E-state index contributed by atoms with van der Waals surface area (Å²) in [5, 5.41) is 11.2. The van der Waals surface area contributed by atoms with Crippen LogP contribution in [-0.4, -0.2) is 0 Å². The third-order valence-corrected chi connectivity index (χ3v) is 10.7. The minimum Gasteiger partial charge on any atom is -0.464 e. The number of hydrogen-bond donors (Lipinski definition) is 1. The fourth-order valence-corrected chi connectivity index (χ4v) is 8.45. The predicted molar refractivity (Wildman–Crippen MR) is 201 cm³/mol. The normalized spacial score (nSPS) is 15.6. The van der Waals surface area contributed by atoms with Crippen molar-refractivity contribution in [2.75, 3.05) is 5.32 Å². The van der Waals surface area contributed by atoms with Gasteiger partial charge in [0.15, 0.2) is 6.23 Å². The zero-order valence-electron chi connectivity index (χ0n) is 26.9. The van der Waals surface area contributed by atoms with Crippen molar-refractivity contribution in [3.05, 3.63) is 168 Å². The summed E-state index contributed by atoms with van der Waals surface area (Å²) in [5.41, 5.74) is 12.6. The zero-order valence-corrected chi connectivity index (χ0v) is 26.9. The lowest BCUT2D eigenvalue weighted by atomic mass is 9.79. The van der Waals surface area contributed by atoms with Crippen molar-refractivity contribution in [3.63, 3.8) is 0 Å². The molecule has 0 saturated heterocycles. The summed E-state index contributed by atoms with van der Waals surface area (Å²) in [6.45, 7) is 4.76. The highest BCUT2D eigenvalue weighted by Gasteiger charge is 2.37. The summed E-state index contributed by atoms with van der Waals surface area (Å²) < 4.78 is 6.23. The second-order valence-corrected chi connectivity index (χ2v) is 13.7. The van der Waals surface area contributed by atoms with Crippen LogP contribution in [0.2, 0.25) is 0 Å². The molecule has 2 nitrogen and oxygen atoms in total. The lowest BCUT2D eigenvalue weighted by Gasteiger charge is -2.24. The Morgan fingerprint density at radius 3 is 1.69 bits per heavy atom. The van der Waals surface area contributed by atoms with Gasteiger partial charge < -0.3 is 10.1 Å². The van der Waals surface area contributed by atoms with E-state index in [-0.39, 0.29) is 11.6 Å². The van der Waals surface area contributed by atoms with Gasteiger partial charge in [0.1, 0.15) is 5.75 Å². The Morgan fingerprint density at radius 2 is 1.02 bits per heavy atom. The molecule has 228 valence electrons. The van der Waals surface area contributed by atoms with Crippen molar-refractivity contribution in [3.8, 4) is 39.1 Å². The second kappa shape index (κ2) is 10.1. The largest absolute Gasteiger partial charge is 0.464 e. The Balaban J connectivity index is 1.21. The van der Waals surface area contributed by atoms with E-state index < -0.39 is 0 Å². The number of hydrogen-bond acceptors (Lipinski definition) is 2. The fourth-order valence-electron chi connectivity index (χ4n) is 8.45. The first-order valence-electron chi connectivity index (χ1n) is 16.8. The van der Waals surface area contributed by atoms with Crippen LogP contribution in [0.5, 0.6) is 5.75 Å². The number of benzene rings is 8. The average Bonchev–Trinajstić information content (AvgIpc) is 3.67. The quantitative estimate of drug-likeness (QED) is 0.200. The van der Waals surface area contributed by atoms with Crippen LogP contribution in [-0.2, 0) is 5.41 Å². The van der Waals surface area contributed by atoms with E-state index in [0.29, 0.717) is 0 Å². The van der Waals surface area contributed by atoms with E-state index >= 15 is 0 Å². The van der Waals surface area contributed by atoms with Crippen LogP contribution in [0.25, 0.3) is 65.7 Å². The van der Waals surface area contributed by atoms with Gasteiger partial charge in [-0.3, -0.25) is 0 Å². The van der Waals surface area contributed by atoms with E-state index in [1.54, 1.807) is 0 Å². The van der Waals surface area contributed by atoms with Gasteiger partial charge in [0, 0.05) is 11.0 Å². The lowest BCUT2D eigenvalue weighted by molar-refractivity contribution is 0.260. The molecule has 1 atom stereocenters. The first-order chi connectivity index (χ1) is 23.6. The topological polar surface area (TPSA) is 21.3 Å². The molecule has 2 heteroatoms. The Labute approximate surface area is 280 Å². The predicted octanol–water partition coefficient (Wildman–Crippen LogP) is 12.3. The van der Waals surface area contributed by atoms with Gasteiger partial charge in [-0.1, -0.05) is 147 Å². The van der Waals surface area contributed by atoms with Crippen LogP contribution in [0.4, 0.5) is 5.69 Å². The summed E-state index contributed by atoms with van der Waals surface area (Å²) in [5.74, 6) is 0.894. The van der Waals surface area contributed by atoms with Crippen LogP contribution in [0, 0.1) is 0 Å². The van der Waals surface area contributed by atoms with Crippen LogP contribution in [0.3, 0.4) is 0 Å². The summed E-state index contributed by atoms with van der Waals surface area (Å²) in [6, 6.07) is 55.4. The average molecular weight is 616 g/mol. The van der Waals surface area contributed by atoms with Crippen molar-refractivity contribution in [2.24, 2.45) is 0 Å². The molecule has 1 unspecified atom stereocenters. The Hall–Kier alpha value is -5.86. The number of nitrogens with one attached hydrogen (secondary N) is 1. The molecule has 1 heterocycles. The monoisotopic (exact) mass is 615 g/mol. The SMILES string of the molecule is CC1(C)c2ccccc2-c2c1cc(-c1c3ccccc3c(-c3ccc(C4Nc5ccccc5O4)cc3)c3ccccc13)c1ccccc21. The number of rotatable bonds is 3. The van der Waals surface area contributed by atoms with Gasteiger partial charge in [0.25, 0.3) is 0 Å². The summed E-state index contributed by atoms with van der Waals surface area (Å²) in [6.07, 6.45) is -0.198. The third kappa shape index (κ3) is 3.80. The lowest BCUT2D eigenvalue weighted by Crippen LogP contribution is -2.15. The van der Waals surface area contributed by atoms with Gasteiger partial charge in [-0.05, 0) is 95.0 Å². The van der Waals surface area contributed by atoms with Crippen LogP contribution >= 0.6 is 0 Å². The summed E-state index contributed by atoms with van der Waals surface area (Å²) in [4.78, 5) is 0. The molecule has 0 fully saturated rings. The molecular formula is C46H33NO. The molecule has 0 bridgehead atoms. The maximum atomic E-state index is 6.23. The van der Waals surface area contributed by atoms with E-state index in [2.05, 4.69) is 153 Å². The van der Waals surface area contributed by atoms with Crippen molar-refractivity contribution < 1.29 is 4.74 Å².